The van der Waals surface area contributed by atoms with Gasteiger partial charge in [-0.05, 0) is 24.3 Å². The van der Waals surface area contributed by atoms with E-state index in [4.69, 9.17) is 0 Å². The highest BCUT2D eigenvalue weighted by Crippen LogP contribution is 2.36. The lowest BCUT2D eigenvalue weighted by molar-refractivity contribution is -0.138. The lowest BCUT2D eigenvalue weighted by Crippen LogP contribution is -2.26. The van der Waals surface area contributed by atoms with E-state index in [1.807, 2.05) is 0 Å². The average Bonchev–Trinajstić information content (AvgIpc) is 3.22. The van der Waals surface area contributed by atoms with E-state index < -0.39 is 22.9 Å². The molecule has 0 saturated carbocycles. The van der Waals surface area contributed by atoms with Crippen LogP contribution in [0.2, 0.25) is 0 Å². The van der Waals surface area contributed by atoms with Gasteiger partial charge in [-0.1, -0.05) is 11.3 Å². The molecule has 0 atom stereocenters. The highest BCUT2D eigenvalue weighted by atomic mass is 32.1. The molecule has 1 aromatic carbocycles. The van der Waals surface area contributed by atoms with Crippen molar-refractivity contribution in [2.24, 2.45) is 0 Å². The fraction of sp³-hybridized carbons (Fsp3) is 0.143. The summed E-state index contributed by atoms with van der Waals surface area (Å²) in [5.74, 6) is -0.887. The third-order valence-electron chi connectivity index (χ3n) is 3.06. The molecule has 0 N–H and O–H groups in total. The van der Waals surface area contributed by atoms with Crippen molar-refractivity contribution in [3.63, 3.8) is 0 Å². The van der Waals surface area contributed by atoms with E-state index in [1.54, 1.807) is 0 Å². The predicted molar refractivity (Wildman–Crippen MR) is 85.2 cm³/mol. The van der Waals surface area contributed by atoms with Crippen molar-refractivity contribution in [3.05, 3.63) is 46.0 Å². The molecule has 0 fully saturated rings. The lowest BCUT2D eigenvalue weighted by Gasteiger charge is -2.13. The van der Waals surface area contributed by atoms with Crippen LogP contribution in [0.4, 0.5) is 22.7 Å². The van der Waals surface area contributed by atoms with Crippen LogP contribution >= 0.6 is 22.7 Å². The topological polar surface area (TPSA) is 59.0 Å². The summed E-state index contributed by atoms with van der Waals surface area (Å²) in [4.78, 5) is 17.7. The maximum Gasteiger partial charge on any atom is 0.445 e. The first-order valence-electron chi connectivity index (χ1n) is 6.66. The number of thiazole rings is 1. The fourth-order valence-electron chi connectivity index (χ4n) is 1.83. The maximum atomic E-state index is 12.9. The van der Waals surface area contributed by atoms with Gasteiger partial charge in [-0.2, -0.15) is 13.2 Å². The number of halogens is 4. The summed E-state index contributed by atoms with van der Waals surface area (Å²) < 4.78 is 50.7. The van der Waals surface area contributed by atoms with Crippen LogP contribution in [0.25, 0.3) is 10.7 Å². The first kappa shape index (κ1) is 17.4. The van der Waals surface area contributed by atoms with Gasteiger partial charge < -0.3 is 0 Å². The Morgan fingerprint density at radius 1 is 1.16 bits per heavy atom. The monoisotopic (exact) mass is 388 g/mol. The Labute approximate surface area is 146 Å². The van der Waals surface area contributed by atoms with Gasteiger partial charge in [0.25, 0.3) is 5.91 Å². The zero-order valence-electron chi connectivity index (χ0n) is 12.4. The van der Waals surface area contributed by atoms with E-state index in [1.165, 1.54) is 29.5 Å². The van der Waals surface area contributed by atoms with Crippen LogP contribution in [-0.4, -0.2) is 28.1 Å². The van der Waals surface area contributed by atoms with Gasteiger partial charge in [0.1, 0.15) is 11.5 Å². The summed E-state index contributed by atoms with van der Waals surface area (Å²) >= 11 is 1.45. The van der Waals surface area contributed by atoms with E-state index in [0.717, 1.165) is 23.5 Å². The molecule has 0 saturated heterocycles. The van der Waals surface area contributed by atoms with Crippen molar-refractivity contribution >= 4 is 33.7 Å². The molecule has 2 aromatic heterocycles. The molecule has 0 aliphatic rings. The van der Waals surface area contributed by atoms with Crippen LogP contribution in [0.3, 0.4) is 0 Å². The highest BCUT2D eigenvalue weighted by molar-refractivity contribution is 7.16. The number of rotatable bonds is 3. The molecule has 11 heteroatoms. The van der Waals surface area contributed by atoms with E-state index in [2.05, 4.69) is 15.2 Å². The van der Waals surface area contributed by atoms with Crippen LogP contribution in [0.1, 0.15) is 15.4 Å². The third-order valence-corrected chi connectivity index (χ3v) is 4.97. The van der Waals surface area contributed by atoms with Crippen LogP contribution in [0.5, 0.6) is 0 Å². The molecule has 0 unspecified atom stereocenters. The molecule has 130 valence electrons. The second kappa shape index (κ2) is 6.48. The molecule has 3 aromatic rings. The number of aromatic nitrogens is 3. The molecule has 5 nitrogen and oxygen atoms in total. The molecule has 3 rings (SSSR count). The Bertz CT molecular complexity index is 904. The highest BCUT2D eigenvalue weighted by Gasteiger charge is 2.36. The number of hydrogen-bond acceptors (Lipinski definition) is 6. The smallest absolute Gasteiger partial charge is 0.287 e. The van der Waals surface area contributed by atoms with Crippen molar-refractivity contribution in [2.45, 2.75) is 6.18 Å². The van der Waals surface area contributed by atoms with Gasteiger partial charge in [0.2, 0.25) is 5.01 Å². The minimum absolute atomic E-state index is 0.0115. The number of hydrogen-bond donors (Lipinski definition) is 0. The molecule has 0 bridgehead atoms. The first-order chi connectivity index (χ1) is 11.8. The molecule has 0 spiro atoms. The summed E-state index contributed by atoms with van der Waals surface area (Å²) in [7, 11) is 1.47. The number of benzene rings is 1. The maximum absolute atomic E-state index is 12.9. The van der Waals surface area contributed by atoms with E-state index >= 15 is 0 Å². The zero-order valence-corrected chi connectivity index (χ0v) is 14.0. The largest absolute Gasteiger partial charge is 0.445 e. The molecule has 0 aliphatic carbocycles. The number of alkyl halides is 3. The van der Waals surface area contributed by atoms with Crippen molar-refractivity contribution < 1.29 is 22.4 Å². The summed E-state index contributed by atoms with van der Waals surface area (Å²) in [5.41, 5.74) is 0.461. The Morgan fingerprint density at radius 3 is 2.44 bits per heavy atom. The number of nitrogens with zero attached hydrogens (tertiary/aromatic N) is 4. The first-order valence-corrected chi connectivity index (χ1v) is 8.35. The van der Waals surface area contributed by atoms with Gasteiger partial charge in [-0.3, -0.25) is 9.69 Å². The average molecular weight is 388 g/mol. The summed E-state index contributed by atoms with van der Waals surface area (Å²) in [5, 5.41) is 7.30. The van der Waals surface area contributed by atoms with Gasteiger partial charge >= 0.3 is 6.18 Å². The Morgan fingerprint density at radius 2 is 1.84 bits per heavy atom. The van der Waals surface area contributed by atoms with Crippen molar-refractivity contribution in [2.75, 3.05) is 11.9 Å². The van der Waals surface area contributed by atoms with Gasteiger partial charge in [0.15, 0.2) is 10.1 Å². The van der Waals surface area contributed by atoms with Crippen molar-refractivity contribution in [1.82, 2.24) is 15.2 Å². The Hall–Kier alpha value is -2.40. The van der Waals surface area contributed by atoms with Crippen LogP contribution in [0, 0.1) is 5.82 Å². The van der Waals surface area contributed by atoms with Crippen LogP contribution in [-0.2, 0) is 6.18 Å². The van der Waals surface area contributed by atoms with Crippen molar-refractivity contribution in [1.29, 1.82) is 0 Å². The second-order valence-electron chi connectivity index (χ2n) is 4.80. The molecule has 2 heterocycles. The quantitative estimate of drug-likeness (QED) is 0.634. The predicted octanol–water partition coefficient (Wildman–Crippen LogP) is 4.10. The van der Waals surface area contributed by atoms with Gasteiger partial charge in [0, 0.05) is 18.0 Å². The minimum Gasteiger partial charge on any atom is -0.287 e. The molecular formula is C14H8F4N4OS2. The van der Waals surface area contributed by atoms with Gasteiger partial charge in [-0.25, -0.2) is 9.37 Å². The van der Waals surface area contributed by atoms with Gasteiger partial charge in [-0.15, -0.1) is 21.5 Å². The lowest BCUT2D eigenvalue weighted by atomic mass is 10.2. The minimum atomic E-state index is -4.57. The van der Waals surface area contributed by atoms with Crippen LogP contribution < -0.4 is 4.90 Å². The summed E-state index contributed by atoms with van der Waals surface area (Å²) in [6.45, 7) is 0. The number of carbonyl (C=O) groups excluding carboxylic acids is 1. The fourth-order valence-corrected chi connectivity index (χ4v) is 3.35. The van der Waals surface area contributed by atoms with E-state index in [-0.39, 0.29) is 21.4 Å². The molecule has 25 heavy (non-hydrogen) atoms. The van der Waals surface area contributed by atoms with E-state index in [9.17, 15) is 22.4 Å². The number of anilines is 1. The number of carbonyl (C=O) groups is 1. The molecule has 1 amide bonds. The zero-order chi connectivity index (χ0) is 18.2. The van der Waals surface area contributed by atoms with E-state index in [0.29, 0.717) is 11.3 Å². The Balaban J connectivity index is 1.82. The normalized spacial score (nSPS) is 11.6. The molecular weight excluding hydrogens is 380 g/mol. The SMILES string of the molecule is CN(C(=O)c1ccc(F)cc1)c1nc(-c2nnc(C(F)(F)F)s2)cs1. The molecule has 0 aliphatic heterocycles. The standard InChI is InChI=1S/C14H8F4N4OS2/c1-22(11(23)7-2-4-8(15)5-3-7)13-19-9(6-24-13)10-20-21-12(25-10)14(16,17)18/h2-6H,1H3. The summed E-state index contributed by atoms with van der Waals surface area (Å²) in [6, 6.07) is 4.99. The second-order valence-corrected chi connectivity index (χ2v) is 6.61. The number of amides is 1. The van der Waals surface area contributed by atoms with Gasteiger partial charge in [0.05, 0.1) is 0 Å². The summed E-state index contributed by atoms with van der Waals surface area (Å²) in [6.07, 6.45) is -4.57. The molecule has 0 radical (unpaired) electrons. The van der Waals surface area contributed by atoms with Crippen molar-refractivity contribution in [3.8, 4) is 10.7 Å². The third kappa shape index (κ3) is 3.66. The van der Waals surface area contributed by atoms with Crippen LogP contribution in [0.15, 0.2) is 29.6 Å². The Kier molecular flexibility index (Phi) is 4.52.